The Morgan fingerprint density at radius 3 is 2.72 bits per heavy atom. The van der Waals surface area contributed by atoms with Crippen LogP contribution in [0.3, 0.4) is 0 Å². The average Bonchev–Trinajstić information content (AvgIpc) is 2.92. The van der Waals surface area contributed by atoms with Crippen LogP contribution in [0, 0.1) is 0 Å². The summed E-state index contributed by atoms with van der Waals surface area (Å²) in [7, 11) is 1.24. The minimum Gasteiger partial charge on any atom is -0.468 e. The van der Waals surface area contributed by atoms with E-state index in [1.54, 1.807) is 0 Å². The highest BCUT2D eigenvalue weighted by Crippen LogP contribution is 2.37. The van der Waals surface area contributed by atoms with Gasteiger partial charge in [-0.05, 0) is 19.4 Å². The van der Waals surface area contributed by atoms with E-state index in [1.807, 2.05) is 13.8 Å². The predicted octanol–water partition coefficient (Wildman–Crippen LogP) is 0.241. The second-order valence-corrected chi connectivity index (χ2v) is 7.62. The number of nitrogens with zero attached hydrogens (tertiary/aromatic N) is 2. The maximum atomic E-state index is 12.9. The molecule has 0 spiro atoms. The fraction of sp³-hybridized carbons (Fsp3) is 0.562. The minimum absolute atomic E-state index is 0.126. The second kappa shape index (κ2) is 6.40. The number of ether oxygens (including phenoxy) is 2. The van der Waals surface area contributed by atoms with Gasteiger partial charge in [-0.15, -0.1) is 11.3 Å². The summed E-state index contributed by atoms with van der Waals surface area (Å²) in [5, 5.41) is 9.64. The zero-order valence-corrected chi connectivity index (χ0v) is 15.1. The molecular weight excluding hydrogens is 348 g/mol. The lowest BCUT2D eigenvalue weighted by Crippen LogP contribution is -2.42. The number of aliphatic hydroxyl groups is 1. The average molecular weight is 368 g/mol. The van der Waals surface area contributed by atoms with Crippen LogP contribution in [0.4, 0.5) is 0 Å². The second-order valence-electron chi connectivity index (χ2n) is 6.53. The van der Waals surface area contributed by atoms with Gasteiger partial charge in [-0.3, -0.25) is 18.7 Å². The minimum atomic E-state index is -0.629. The Hall–Kier alpha value is -1.97. The van der Waals surface area contributed by atoms with Crippen molar-refractivity contribution in [3.05, 3.63) is 31.3 Å². The molecule has 2 aromatic rings. The molecule has 0 fully saturated rings. The van der Waals surface area contributed by atoms with E-state index in [2.05, 4.69) is 4.74 Å². The summed E-state index contributed by atoms with van der Waals surface area (Å²) in [5.74, 6) is -0.583. The molecule has 0 aromatic carbocycles. The lowest BCUT2D eigenvalue weighted by Gasteiger charge is -2.29. The van der Waals surface area contributed by atoms with Gasteiger partial charge in [-0.25, -0.2) is 4.79 Å². The molecule has 2 aromatic heterocycles. The van der Waals surface area contributed by atoms with Crippen LogP contribution < -0.4 is 11.2 Å². The number of aliphatic hydroxyl groups excluding tert-OH is 1. The molecule has 1 aliphatic heterocycles. The van der Waals surface area contributed by atoms with Crippen molar-refractivity contribution in [2.75, 3.05) is 13.7 Å². The zero-order chi connectivity index (χ0) is 18.4. The number of hydrogen-bond donors (Lipinski definition) is 1. The van der Waals surface area contributed by atoms with Gasteiger partial charge >= 0.3 is 11.7 Å². The third kappa shape index (κ3) is 3.03. The molecule has 1 N–H and O–H groups in total. The van der Waals surface area contributed by atoms with E-state index < -0.39 is 22.8 Å². The van der Waals surface area contributed by atoms with Crippen LogP contribution in [-0.2, 0) is 40.4 Å². The number of aromatic nitrogens is 2. The van der Waals surface area contributed by atoms with Crippen LogP contribution in [0.25, 0.3) is 10.2 Å². The van der Waals surface area contributed by atoms with Crippen molar-refractivity contribution in [3.8, 4) is 0 Å². The van der Waals surface area contributed by atoms with Gasteiger partial charge in [-0.1, -0.05) is 0 Å². The third-order valence-electron chi connectivity index (χ3n) is 4.27. The SMILES string of the molecule is COC(=O)Cn1c(=O)n(CCO)c(=O)c2c3c(sc21)COC(C)(C)C3. The first kappa shape index (κ1) is 17.8. The lowest BCUT2D eigenvalue weighted by atomic mass is 9.94. The van der Waals surface area contributed by atoms with Gasteiger partial charge in [0.05, 0.1) is 37.9 Å². The smallest absolute Gasteiger partial charge is 0.332 e. The molecule has 25 heavy (non-hydrogen) atoms. The predicted molar refractivity (Wildman–Crippen MR) is 92.0 cm³/mol. The third-order valence-corrected chi connectivity index (χ3v) is 5.50. The van der Waals surface area contributed by atoms with Gasteiger partial charge in [0.1, 0.15) is 11.4 Å². The molecule has 0 unspecified atom stereocenters. The van der Waals surface area contributed by atoms with Crippen molar-refractivity contribution >= 4 is 27.5 Å². The summed E-state index contributed by atoms with van der Waals surface area (Å²) in [4.78, 5) is 38.6. The molecule has 0 atom stereocenters. The Labute approximate surface area is 147 Å². The lowest BCUT2D eigenvalue weighted by molar-refractivity contribution is -0.141. The summed E-state index contributed by atoms with van der Waals surface area (Å²) in [6, 6.07) is 0. The molecule has 0 saturated carbocycles. The molecular formula is C16H20N2O6S. The van der Waals surface area contributed by atoms with Crippen molar-refractivity contribution in [1.29, 1.82) is 0 Å². The Balaban J connectivity index is 2.35. The molecule has 9 heteroatoms. The number of hydrogen-bond acceptors (Lipinski definition) is 7. The highest BCUT2D eigenvalue weighted by Gasteiger charge is 2.32. The van der Waals surface area contributed by atoms with Crippen molar-refractivity contribution in [2.24, 2.45) is 0 Å². The topological polar surface area (TPSA) is 99.8 Å². The standard InChI is InChI=1S/C16H20N2O6S/c1-16(2)6-9-10(8-24-16)25-14-12(9)13(21)17(4-5-19)15(22)18(14)7-11(20)23-3/h19H,4-8H2,1-3H3. The van der Waals surface area contributed by atoms with Gasteiger partial charge in [-0.2, -0.15) is 0 Å². The van der Waals surface area contributed by atoms with E-state index in [9.17, 15) is 19.5 Å². The number of thiophene rings is 1. The molecule has 0 saturated heterocycles. The first-order valence-corrected chi connectivity index (χ1v) is 8.70. The molecule has 1 aliphatic rings. The van der Waals surface area contributed by atoms with Crippen molar-refractivity contribution in [3.63, 3.8) is 0 Å². The Morgan fingerprint density at radius 2 is 2.08 bits per heavy atom. The van der Waals surface area contributed by atoms with Crippen molar-refractivity contribution < 1.29 is 19.4 Å². The normalized spacial score (nSPS) is 16.0. The molecule has 136 valence electrons. The summed E-state index contributed by atoms with van der Waals surface area (Å²) in [6.45, 7) is 3.47. The van der Waals surface area contributed by atoms with E-state index in [0.717, 1.165) is 15.0 Å². The molecule has 0 radical (unpaired) electrons. The summed E-state index contributed by atoms with van der Waals surface area (Å²) < 4.78 is 12.7. The maximum Gasteiger partial charge on any atom is 0.332 e. The number of carbonyl (C=O) groups is 1. The van der Waals surface area contributed by atoms with Crippen LogP contribution in [-0.4, -0.2) is 39.5 Å². The van der Waals surface area contributed by atoms with E-state index in [4.69, 9.17) is 4.74 Å². The van der Waals surface area contributed by atoms with E-state index in [-0.39, 0.29) is 19.7 Å². The monoisotopic (exact) mass is 368 g/mol. The number of carbonyl (C=O) groups excluding carboxylic acids is 1. The van der Waals surface area contributed by atoms with Crippen LogP contribution in [0.1, 0.15) is 24.3 Å². The van der Waals surface area contributed by atoms with Crippen LogP contribution in [0.15, 0.2) is 9.59 Å². The van der Waals surface area contributed by atoms with Crippen LogP contribution in [0.2, 0.25) is 0 Å². The zero-order valence-electron chi connectivity index (χ0n) is 14.3. The molecule has 0 bridgehead atoms. The van der Waals surface area contributed by atoms with E-state index >= 15 is 0 Å². The molecule has 3 heterocycles. The molecule has 8 nitrogen and oxygen atoms in total. The largest absolute Gasteiger partial charge is 0.468 e. The number of esters is 1. The van der Waals surface area contributed by atoms with Crippen molar-refractivity contribution in [1.82, 2.24) is 9.13 Å². The number of rotatable bonds is 4. The van der Waals surface area contributed by atoms with E-state index in [0.29, 0.717) is 23.2 Å². The Bertz CT molecular complexity index is 952. The first-order chi connectivity index (χ1) is 11.8. The summed E-state index contributed by atoms with van der Waals surface area (Å²) >= 11 is 1.29. The van der Waals surface area contributed by atoms with Crippen molar-refractivity contribution in [2.45, 2.75) is 45.6 Å². The highest BCUT2D eigenvalue weighted by molar-refractivity contribution is 7.18. The quantitative estimate of drug-likeness (QED) is 0.776. The van der Waals surface area contributed by atoms with Gasteiger partial charge in [0, 0.05) is 11.3 Å². The molecule has 3 rings (SSSR count). The fourth-order valence-electron chi connectivity index (χ4n) is 3.03. The Morgan fingerprint density at radius 1 is 1.36 bits per heavy atom. The summed E-state index contributed by atoms with van der Waals surface area (Å²) in [6.07, 6.45) is 0.535. The summed E-state index contributed by atoms with van der Waals surface area (Å²) in [5.41, 5.74) is -0.633. The molecule has 0 amide bonds. The van der Waals surface area contributed by atoms with Crippen LogP contribution >= 0.6 is 11.3 Å². The molecule has 0 aliphatic carbocycles. The van der Waals surface area contributed by atoms with Gasteiger partial charge < -0.3 is 14.6 Å². The van der Waals surface area contributed by atoms with Gasteiger partial charge in [0.2, 0.25) is 0 Å². The van der Waals surface area contributed by atoms with Gasteiger partial charge in [0.25, 0.3) is 5.56 Å². The van der Waals surface area contributed by atoms with Gasteiger partial charge in [0.15, 0.2) is 0 Å². The van der Waals surface area contributed by atoms with E-state index in [1.165, 1.54) is 23.0 Å². The fourth-order valence-corrected chi connectivity index (χ4v) is 4.25. The highest BCUT2D eigenvalue weighted by atomic mass is 32.1. The van der Waals surface area contributed by atoms with Crippen LogP contribution in [0.5, 0.6) is 0 Å². The Kier molecular flexibility index (Phi) is 4.56. The first-order valence-electron chi connectivity index (χ1n) is 7.88. The number of methoxy groups -OCH3 is 1. The number of fused-ring (bicyclic) bond motifs is 3. The maximum absolute atomic E-state index is 12.9.